The third kappa shape index (κ3) is 4.49. The molecule has 0 spiro atoms. The number of hydrogen-bond donors (Lipinski definition) is 2. The number of carbonyl (C=O) groups is 2. The van der Waals surface area contributed by atoms with Crippen molar-refractivity contribution in [3.8, 4) is 0 Å². The molecule has 0 aromatic heterocycles. The summed E-state index contributed by atoms with van der Waals surface area (Å²) in [7, 11) is 0. The van der Waals surface area contributed by atoms with Gasteiger partial charge in [-0.2, -0.15) is 0 Å². The average Bonchev–Trinajstić information content (AvgIpc) is 2.76. The lowest BCUT2D eigenvalue weighted by Crippen LogP contribution is -2.69. The molecule has 3 rings (SSSR count). The highest BCUT2D eigenvalue weighted by molar-refractivity contribution is 5.87. The minimum Gasteiger partial charge on any atom is -0.430 e. The van der Waals surface area contributed by atoms with E-state index in [0.29, 0.717) is 0 Å². The predicted octanol–water partition coefficient (Wildman–Crippen LogP) is 3.65. The first-order chi connectivity index (χ1) is 14.4. The Balaban J connectivity index is 1.65. The fraction of sp³-hybridized carbons (Fsp3) is 0.417. The van der Waals surface area contributed by atoms with Crippen LogP contribution in [0.1, 0.15) is 37.8 Å². The molecule has 5 atom stereocenters. The maximum absolute atomic E-state index is 12.3. The van der Waals surface area contributed by atoms with E-state index in [9.17, 15) is 14.7 Å². The van der Waals surface area contributed by atoms with Crippen LogP contribution in [0.4, 0.5) is 4.79 Å². The van der Waals surface area contributed by atoms with Crippen LogP contribution in [-0.4, -0.2) is 35.9 Å². The van der Waals surface area contributed by atoms with Gasteiger partial charge in [0.25, 0.3) is 0 Å². The van der Waals surface area contributed by atoms with Crippen molar-refractivity contribution in [3.05, 3.63) is 71.8 Å². The first-order valence-corrected chi connectivity index (χ1v) is 10.2. The van der Waals surface area contributed by atoms with Gasteiger partial charge in [0.2, 0.25) is 5.91 Å². The molecule has 2 aromatic carbocycles. The molecule has 1 aliphatic heterocycles. The van der Waals surface area contributed by atoms with Crippen molar-refractivity contribution in [3.63, 3.8) is 0 Å². The van der Waals surface area contributed by atoms with E-state index >= 15 is 0 Å². The Labute approximate surface area is 177 Å². The smallest absolute Gasteiger partial charge is 0.430 e. The first-order valence-electron chi connectivity index (χ1n) is 10.2. The van der Waals surface area contributed by atoms with Gasteiger partial charge in [0.1, 0.15) is 12.7 Å². The summed E-state index contributed by atoms with van der Waals surface area (Å²) >= 11 is 0. The summed E-state index contributed by atoms with van der Waals surface area (Å²) in [4.78, 5) is 24.5. The summed E-state index contributed by atoms with van der Waals surface area (Å²) < 4.78 is 10.6. The molecular formula is C24H29NO5. The molecule has 0 bridgehead atoms. The molecular weight excluding hydrogens is 382 g/mol. The molecule has 160 valence electrons. The minimum absolute atomic E-state index is 0.0194. The second-order valence-corrected chi connectivity index (χ2v) is 8.16. The van der Waals surface area contributed by atoms with E-state index in [4.69, 9.17) is 9.47 Å². The molecule has 1 saturated heterocycles. The highest BCUT2D eigenvalue weighted by atomic mass is 16.7. The van der Waals surface area contributed by atoms with E-state index in [0.717, 1.165) is 11.1 Å². The number of hydrogen-bond acceptors (Lipinski definition) is 5. The molecule has 5 unspecified atom stereocenters. The molecule has 30 heavy (non-hydrogen) atoms. The third-order valence-electron chi connectivity index (χ3n) is 6.29. The molecule has 0 saturated carbocycles. The van der Waals surface area contributed by atoms with Gasteiger partial charge in [-0.05, 0) is 24.0 Å². The lowest BCUT2D eigenvalue weighted by molar-refractivity contribution is -0.150. The van der Waals surface area contributed by atoms with Gasteiger partial charge in [0.05, 0.1) is 18.6 Å². The van der Waals surface area contributed by atoms with Gasteiger partial charge in [-0.3, -0.25) is 4.79 Å². The van der Waals surface area contributed by atoms with Crippen LogP contribution in [0.5, 0.6) is 0 Å². The maximum atomic E-state index is 12.3. The Morgan fingerprint density at radius 3 is 2.27 bits per heavy atom. The van der Waals surface area contributed by atoms with Crippen LogP contribution in [0.2, 0.25) is 0 Å². The Bertz CT molecular complexity index is 856. The summed E-state index contributed by atoms with van der Waals surface area (Å²) in [5.41, 5.74) is 1.31. The van der Waals surface area contributed by atoms with Gasteiger partial charge in [-0.25, -0.2) is 4.79 Å². The average molecular weight is 411 g/mol. The Morgan fingerprint density at radius 2 is 1.70 bits per heavy atom. The van der Waals surface area contributed by atoms with Crippen LogP contribution >= 0.6 is 0 Å². The Morgan fingerprint density at radius 1 is 1.10 bits per heavy atom. The SMILES string of the molecule is CC(OC(=O)OCc1ccccc1)C1C(=O)NC1C(C)(CO)C(C)c1ccccc1. The zero-order chi connectivity index (χ0) is 21.7. The molecule has 1 amide bonds. The zero-order valence-electron chi connectivity index (χ0n) is 17.6. The topological polar surface area (TPSA) is 84.9 Å². The van der Waals surface area contributed by atoms with E-state index in [2.05, 4.69) is 5.32 Å². The standard InChI is InChI=1S/C24H29NO5/c1-16(19-12-8-5-9-13-19)24(3,15-26)21-20(22(27)25-21)17(2)30-23(28)29-14-18-10-6-4-7-11-18/h4-13,16-17,20-21,26H,14-15H2,1-3H3,(H,25,27). The van der Waals surface area contributed by atoms with Gasteiger partial charge < -0.3 is 19.9 Å². The molecule has 0 radical (unpaired) electrons. The molecule has 6 heteroatoms. The molecule has 2 aromatic rings. The van der Waals surface area contributed by atoms with E-state index in [1.807, 2.05) is 74.5 Å². The number of benzene rings is 2. The number of ether oxygens (including phenoxy) is 2. The van der Waals surface area contributed by atoms with Gasteiger partial charge in [0, 0.05) is 5.41 Å². The summed E-state index contributed by atoms with van der Waals surface area (Å²) in [6, 6.07) is 18.8. The highest BCUT2D eigenvalue weighted by Crippen LogP contribution is 2.44. The zero-order valence-corrected chi connectivity index (χ0v) is 17.6. The van der Waals surface area contributed by atoms with Gasteiger partial charge in [-0.15, -0.1) is 0 Å². The van der Waals surface area contributed by atoms with Crippen LogP contribution in [-0.2, 0) is 20.9 Å². The number of amides is 1. The van der Waals surface area contributed by atoms with E-state index in [-0.39, 0.29) is 31.1 Å². The van der Waals surface area contributed by atoms with Crippen LogP contribution in [0.15, 0.2) is 60.7 Å². The Kier molecular flexibility index (Phi) is 6.77. The number of aliphatic hydroxyl groups excluding tert-OH is 1. The quantitative estimate of drug-likeness (QED) is 0.512. The second kappa shape index (κ2) is 9.30. The Hall–Kier alpha value is -2.86. The van der Waals surface area contributed by atoms with Crippen molar-refractivity contribution in [2.75, 3.05) is 6.61 Å². The molecule has 0 aliphatic carbocycles. The van der Waals surface area contributed by atoms with Crippen molar-refractivity contribution < 1.29 is 24.2 Å². The normalized spacial score (nSPS) is 22.1. The van der Waals surface area contributed by atoms with Gasteiger partial charge in [0.15, 0.2) is 0 Å². The number of nitrogens with one attached hydrogen (secondary N) is 1. The van der Waals surface area contributed by atoms with Crippen molar-refractivity contribution >= 4 is 12.1 Å². The van der Waals surface area contributed by atoms with E-state index < -0.39 is 23.6 Å². The summed E-state index contributed by atoms with van der Waals surface area (Å²) in [5, 5.41) is 13.2. The van der Waals surface area contributed by atoms with Crippen LogP contribution in [0.3, 0.4) is 0 Å². The highest BCUT2D eigenvalue weighted by Gasteiger charge is 2.55. The van der Waals surface area contributed by atoms with Gasteiger partial charge in [-0.1, -0.05) is 74.5 Å². The lowest BCUT2D eigenvalue weighted by Gasteiger charge is -2.51. The first kappa shape index (κ1) is 21.8. The number of aliphatic hydroxyl groups is 1. The fourth-order valence-corrected chi connectivity index (χ4v) is 4.06. The van der Waals surface area contributed by atoms with Crippen LogP contribution < -0.4 is 5.32 Å². The third-order valence-corrected chi connectivity index (χ3v) is 6.29. The molecule has 2 N–H and O–H groups in total. The summed E-state index contributed by atoms with van der Waals surface area (Å²) in [5.74, 6) is -0.769. The van der Waals surface area contributed by atoms with Crippen molar-refractivity contribution in [1.82, 2.24) is 5.32 Å². The maximum Gasteiger partial charge on any atom is 0.508 e. The number of rotatable bonds is 8. The monoisotopic (exact) mass is 411 g/mol. The van der Waals surface area contributed by atoms with E-state index in [1.54, 1.807) is 6.92 Å². The van der Waals surface area contributed by atoms with Crippen molar-refractivity contribution in [2.45, 2.75) is 45.4 Å². The fourth-order valence-electron chi connectivity index (χ4n) is 4.06. The van der Waals surface area contributed by atoms with Crippen LogP contribution in [0.25, 0.3) is 0 Å². The summed E-state index contributed by atoms with van der Waals surface area (Å²) in [6.45, 7) is 5.65. The van der Waals surface area contributed by atoms with E-state index in [1.165, 1.54) is 0 Å². The predicted molar refractivity (Wildman–Crippen MR) is 113 cm³/mol. The van der Waals surface area contributed by atoms with Crippen molar-refractivity contribution in [2.24, 2.45) is 11.3 Å². The molecule has 1 fully saturated rings. The second-order valence-electron chi connectivity index (χ2n) is 8.16. The van der Waals surface area contributed by atoms with Crippen molar-refractivity contribution in [1.29, 1.82) is 0 Å². The summed E-state index contributed by atoms with van der Waals surface area (Å²) in [6.07, 6.45) is -1.49. The largest absolute Gasteiger partial charge is 0.508 e. The van der Waals surface area contributed by atoms with Crippen LogP contribution in [0, 0.1) is 11.3 Å². The molecule has 1 heterocycles. The number of carbonyl (C=O) groups excluding carboxylic acids is 2. The van der Waals surface area contributed by atoms with Gasteiger partial charge >= 0.3 is 6.16 Å². The lowest BCUT2D eigenvalue weighted by atomic mass is 9.62. The molecule has 6 nitrogen and oxygen atoms in total. The molecule has 1 aliphatic rings. The number of β-lactam (4-membered cyclic amide) rings is 1. The minimum atomic E-state index is -0.813.